The van der Waals surface area contributed by atoms with Gasteiger partial charge in [-0.05, 0) is 26.2 Å². The molecule has 0 unspecified atom stereocenters. The van der Waals surface area contributed by atoms with Crippen molar-refractivity contribution in [1.82, 2.24) is 0 Å². The van der Waals surface area contributed by atoms with Crippen molar-refractivity contribution in [3.8, 4) is 23.0 Å². The fourth-order valence-electron chi connectivity index (χ4n) is 3.78. The van der Waals surface area contributed by atoms with E-state index in [1.807, 2.05) is 0 Å². The van der Waals surface area contributed by atoms with Crippen LogP contribution in [0.3, 0.4) is 0 Å². The summed E-state index contributed by atoms with van der Waals surface area (Å²) in [6.07, 6.45) is 13.1. The lowest BCUT2D eigenvalue weighted by Gasteiger charge is -2.21. The van der Waals surface area contributed by atoms with Crippen LogP contribution in [0.4, 0.5) is 0 Å². The average molecular weight is 397 g/mol. The summed E-state index contributed by atoms with van der Waals surface area (Å²) in [7, 11) is 6.58. The highest BCUT2D eigenvalue weighted by atomic mass is 16.5. The van der Waals surface area contributed by atoms with Gasteiger partial charge in [-0.25, -0.2) is 0 Å². The number of aliphatic hydroxyl groups excluding tert-OH is 1. The standard InChI is InChI=1S/C23H40O5/c1-18-19(16-14-12-10-8-6-7-9-11-13-15-17-24)21(26-3)23(28-5)22(27-4)20(18)25-2/h24H,6-17H2,1-5H3. The van der Waals surface area contributed by atoms with Crippen molar-refractivity contribution < 1.29 is 24.1 Å². The summed E-state index contributed by atoms with van der Waals surface area (Å²) in [5.74, 6) is 2.66. The van der Waals surface area contributed by atoms with Gasteiger partial charge in [0, 0.05) is 17.7 Å². The Hall–Kier alpha value is -1.62. The third-order valence-electron chi connectivity index (χ3n) is 5.34. The van der Waals surface area contributed by atoms with Crippen molar-refractivity contribution in [1.29, 1.82) is 0 Å². The molecule has 0 bridgehead atoms. The second-order valence-electron chi connectivity index (χ2n) is 7.25. The summed E-state index contributed by atoms with van der Waals surface area (Å²) in [5, 5.41) is 8.78. The molecule has 28 heavy (non-hydrogen) atoms. The van der Waals surface area contributed by atoms with Gasteiger partial charge in [0.25, 0.3) is 0 Å². The summed E-state index contributed by atoms with van der Waals surface area (Å²) in [6, 6.07) is 0. The zero-order valence-electron chi connectivity index (χ0n) is 18.6. The smallest absolute Gasteiger partial charge is 0.207 e. The molecular weight excluding hydrogens is 356 g/mol. The van der Waals surface area contributed by atoms with E-state index in [2.05, 4.69) is 6.92 Å². The zero-order chi connectivity index (χ0) is 20.8. The summed E-state index contributed by atoms with van der Waals surface area (Å²) >= 11 is 0. The number of hydrogen-bond acceptors (Lipinski definition) is 5. The van der Waals surface area contributed by atoms with Gasteiger partial charge in [-0.3, -0.25) is 0 Å². The Kier molecular flexibility index (Phi) is 12.5. The van der Waals surface area contributed by atoms with Crippen molar-refractivity contribution in [2.45, 2.75) is 77.6 Å². The molecule has 0 aliphatic rings. The van der Waals surface area contributed by atoms with Crippen LogP contribution in [0.15, 0.2) is 0 Å². The summed E-state index contributed by atoms with van der Waals surface area (Å²) in [6.45, 7) is 2.38. The highest BCUT2D eigenvalue weighted by molar-refractivity contribution is 5.66. The van der Waals surface area contributed by atoms with Crippen molar-refractivity contribution in [3.63, 3.8) is 0 Å². The lowest BCUT2D eigenvalue weighted by atomic mass is 9.98. The molecule has 0 aromatic heterocycles. The van der Waals surface area contributed by atoms with Crippen LogP contribution in [-0.4, -0.2) is 40.2 Å². The number of rotatable bonds is 16. The van der Waals surface area contributed by atoms with Gasteiger partial charge in [-0.1, -0.05) is 51.4 Å². The predicted molar refractivity (Wildman–Crippen MR) is 114 cm³/mol. The second-order valence-corrected chi connectivity index (χ2v) is 7.25. The maximum atomic E-state index is 8.78. The lowest BCUT2D eigenvalue weighted by Crippen LogP contribution is -2.05. The first-order valence-corrected chi connectivity index (χ1v) is 10.6. The molecule has 5 nitrogen and oxygen atoms in total. The molecule has 0 atom stereocenters. The van der Waals surface area contributed by atoms with E-state index < -0.39 is 0 Å². The van der Waals surface area contributed by atoms with Crippen LogP contribution in [0.2, 0.25) is 0 Å². The van der Waals surface area contributed by atoms with Crippen LogP contribution in [0.25, 0.3) is 0 Å². The normalized spacial score (nSPS) is 10.8. The first-order chi connectivity index (χ1) is 13.7. The molecule has 0 fully saturated rings. The van der Waals surface area contributed by atoms with Crippen LogP contribution in [0, 0.1) is 6.92 Å². The molecule has 0 saturated heterocycles. The summed E-state index contributed by atoms with van der Waals surface area (Å²) in [4.78, 5) is 0. The van der Waals surface area contributed by atoms with E-state index in [-0.39, 0.29) is 0 Å². The van der Waals surface area contributed by atoms with Gasteiger partial charge < -0.3 is 24.1 Å². The third-order valence-corrected chi connectivity index (χ3v) is 5.34. The number of hydrogen-bond donors (Lipinski definition) is 1. The number of ether oxygens (including phenoxy) is 4. The van der Waals surface area contributed by atoms with Crippen molar-refractivity contribution >= 4 is 0 Å². The van der Waals surface area contributed by atoms with Crippen molar-refractivity contribution in [2.24, 2.45) is 0 Å². The predicted octanol–water partition coefficient (Wildman–Crippen LogP) is 5.47. The molecule has 1 aromatic rings. The van der Waals surface area contributed by atoms with E-state index in [4.69, 9.17) is 24.1 Å². The Morgan fingerprint density at radius 2 is 0.929 bits per heavy atom. The van der Waals surface area contributed by atoms with Gasteiger partial charge in [0.2, 0.25) is 11.5 Å². The SMILES string of the molecule is COc1c(C)c(CCCCCCCCCCCCO)c(OC)c(OC)c1OC. The minimum atomic E-state index is 0.330. The van der Waals surface area contributed by atoms with Gasteiger partial charge in [0.15, 0.2) is 11.5 Å². The molecule has 0 radical (unpaired) electrons. The molecule has 0 amide bonds. The Balaban J connectivity index is 2.51. The van der Waals surface area contributed by atoms with Crippen molar-refractivity contribution in [3.05, 3.63) is 11.1 Å². The van der Waals surface area contributed by atoms with Gasteiger partial charge in [0.1, 0.15) is 0 Å². The molecular formula is C23H40O5. The fraction of sp³-hybridized carbons (Fsp3) is 0.739. The summed E-state index contributed by atoms with van der Waals surface area (Å²) < 4.78 is 22.3. The van der Waals surface area contributed by atoms with Gasteiger partial charge in [-0.15, -0.1) is 0 Å². The van der Waals surface area contributed by atoms with Gasteiger partial charge >= 0.3 is 0 Å². The number of benzene rings is 1. The number of methoxy groups -OCH3 is 4. The molecule has 1 aromatic carbocycles. The van der Waals surface area contributed by atoms with Gasteiger partial charge in [-0.2, -0.15) is 0 Å². The highest BCUT2D eigenvalue weighted by Crippen LogP contribution is 2.49. The van der Waals surface area contributed by atoms with Crippen LogP contribution in [-0.2, 0) is 6.42 Å². The van der Waals surface area contributed by atoms with E-state index in [0.29, 0.717) is 18.1 Å². The van der Waals surface area contributed by atoms with E-state index in [0.717, 1.165) is 48.3 Å². The molecule has 1 rings (SSSR count). The molecule has 1 N–H and O–H groups in total. The Morgan fingerprint density at radius 1 is 0.536 bits per heavy atom. The zero-order valence-corrected chi connectivity index (χ0v) is 18.6. The first-order valence-electron chi connectivity index (χ1n) is 10.6. The van der Waals surface area contributed by atoms with E-state index in [9.17, 15) is 0 Å². The monoisotopic (exact) mass is 396 g/mol. The van der Waals surface area contributed by atoms with Gasteiger partial charge in [0.05, 0.1) is 28.4 Å². The molecule has 162 valence electrons. The quantitative estimate of drug-likeness (QED) is 0.376. The topological polar surface area (TPSA) is 57.2 Å². The third kappa shape index (κ3) is 7.08. The Bertz CT molecular complexity index is 557. The summed E-state index contributed by atoms with van der Waals surface area (Å²) in [5.41, 5.74) is 2.20. The largest absolute Gasteiger partial charge is 0.492 e. The molecule has 0 aliphatic heterocycles. The van der Waals surface area contributed by atoms with Crippen LogP contribution in [0.5, 0.6) is 23.0 Å². The minimum Gasteiger partial charge on any atom is -0.492 e. The number of unbranched alkanes of at least 4 members (excludes halogenated alkanes) is 9. The Labute approximate surface area is 171 Å². The first kappa shape index (κ1) is 24.4. The second kappa shape index (κ2) is 14.4. The molecule has 5 heteroatoms. The minimum absolute atomic E-state index is 0.330. The maximum Gasteiger partial charge on any atom is 0.207 e. The van der Waals surface area contributed by atoms with E-state index >= 15 is 0 Å². The average Bonchev–Trinajstić information content (AvgIpc) is 2.71. The Morgan fingerprint density at radius 3 is 1.36 bits per heavy atom. The van der Waals surface area contributed by atoms with Crippen LogP contribution < -0.4 is 18.9 Å². The fourth-order valence-corrected chi connectivity index (χ4v) is 3.78. The van der Waals surface area contributed by atoms with E-state index in [1.54, 1.807) is 28.4 Å². The highest BCUT2D eigenvalue weighted by Gasteiger charge is 2.24. The maximum absolute atomic E-state index is 8.78. The van der Waals surface area contributed by atoms with Crippen molar-refractivity contribution in [2.75, 3.05) is 35.0 Å². The van der Waals surface area contributed by atoms with Crippen LogP contribution >= 0.6 is 0 Å². The van der Waals surface area contributed by atoms with E-state index in [1.165, 1.54) is 44.9 Å². The number of aliphatic hydroxyl groups is 1. The molecule has 0 spiro atoms. The molecule has 0 saturated carbocycles. The molecule has 0 heterocycles. The van der Waals surface area contributed by atoms with Crippen LogP contribution in [0.1, 0.15) is 75.3 Å². The molecule has 0 aliphatic carbocycles. The lowest BCUT2D eigenvalue weighted by molar-refractivity contribution is 0.282.